The van der Waals surface area contributed by atoms with Crippen LogP contribution in [-0.4, -0.2) is 61.8 Å². The lowest BCUT2D eigenvalue weighted by atomic mass is 10.0. The van der Waals surface area contributed by atoms with Gasteiger partial charge in [-0.25, -0.2) is 18.7 Å². The smallest absolute Gasteiger partial charge is 0.349 e. The van der Waals surface area contributed by atoms with E-state index in [0.717, 1.165) is 4.90 Å². The van der Waals surface area contributed by atoms with Crippen LogP contribution >= 0.6 is 23.4 Å². The van der Waals surface area contributed by atoms with Crippen LogP contribution in [0, 0.1) is 12.7 Å². The molecule has 8 nitrogen and oxygen atoms in total. The molecule has 0 unspecified atom stereocenters. The SMILES string of the molecule is C=CC(=O)N1C[C@H](C)N(c2nc(=O)n(-c3c(SC)ccnc3C(C)C)c3nc(-c4c(C)cccc4F)c(Cl)cc23)C[C@H]1C. The number of anilines is 1. The van der Waals surface area contributed by atoms with Gasteiger partial charge in [-0.2, -0.15) is 4.98 Å². The predicted octanol–water partition coefficient (Wildman–Crippen LogP) is 6.40. The number of nitrogens with zero attached hydrogens (tertiary/aromatic N) is 6. The number of aryl methyl sites for hydroxylation is 1. The van der Waals surface area contributed by atoms with Crippen molar-refractivity contribution in [1.82, 2.24) is 24.4 Å². The van der Waals surface area contributed by atoms with Gasteiger partial charge in [0.25, 0.3) is 0 Å². The first-order valence-electron chi connectivity index (χ1n) is 14.1. The lowest BCUT2D eigenvalue weighted by molar-refractivity contribution is -0.128. The van der Waals surface area contributed by atoms with Gasteiger partial charge in [0.2, 0.25) is 5.91 Å². The van der Waals surface area contributed by atoms with Gasteiger partial charge in [-0.05, 0) is 62.8 Å². The molecule has 0 radical (unpaired) electrons. The molecule has 43 heavy (non-hydrogen) atoms. The summed E-state index contributed by atoms with van der Waals surface area (Å²) in [4.78, 5) is 45.5. The molecule has 224 valence electrons. The zero-order valence-corrected chi connectivity index (χ0v) is 26.6. The average molecular weight is 621 g/mol. The number of carbonyl (C=O) groups excluding carboxylic acids is 1. The minimum Gasteiger partial charge on any atom is -0.349 e. The van der Waals surface area contributed by atoms with Crippen molar-refractivity contribution in [3.63, 3.8) is 0 Å². The Morgan fingerprint density at radius 2 is 1.93 bits per heavy atom. The quantitative estimate of drug-likeness (QED) is 0.182. The molecule has 0 bridgehead atoms. The standard InChI is InChI=1S/C32H34ClFN6O2S/c1-8-25(41)38-15-20(6)39(16-19(38)5)30-21-14-22(33)28(26-18(4)10-9-11-23(26)34)36-31(21)40(32(42)37-30)29-24(43-7)12-13-35-27(29)17(2)3/h8-14,17,19-20H,1,15-16H2,2-7H3/t19-,20+/m1/s1. The van der Waals surface area contributed by atoms with Crippen molar-refractivity contribution in [3.8, 4) is 16.9 Å². The predicted molar refractivity (Wildman–Crippen MR) is 172 cm³/mol. The summed E-state index contributed by atoms with van der Waals surface area (Å²) in [6.45, 7) is 14.2. The van der Waals surface area contributed by atoms with E-state index in [-0.39, 0.29) is 40.2 Å². The van der Waals surface area contributed by atoms with Gasteiger partial charge in [0.05, 0.1) is 27.5 Å². The Kier molecular flexibility index (Phi) is 8.63. The number of piperazine rings is 1. The first kappa shape index (κ1) is 30.7. The van der Waals surface area contributed by atoms with E-state index in [2.05, 4.69) is 16.5 Å². The van der Waals surface area contributed by atoms with Crippen LogP contribution in [0.4, 0.5) is 10.2 Å². The molecule has 1 aromatic carbocycles. The van der Waals surface area contributed by atoms with E-state index in [9.17, 15) is 9.59 Å². The van der Waals surface area contributed by atoms with E-state index >= 15 is 4.39 Å². The second-order valence-electron chi connectivity index (χ2n) is 11.1. The summed E-state index contributed by atoms with van der Waals surface area (Å²) in [5, 5.41) is 0.769. The van der Waals surface area contributed by atoms with Crippen LogP contribution in [0.25, 0.3) is 28.0 Å². The highest BCUT2D eigenvalue weighted by Crippen LogP contribution is 2.38. The number of aromatic nitrogens is 4. The molecule has 0 spiro atoms. The summed E-state index contributed by atoms with van der Waals surface area (Å²) in [6, 6.07) is 8.02. The molecular formula is C32H34ClFN6O2S. The molecule has 0 N–H and O–H groups in total. The van der Waals surface area contributed by atoms with Crippen molar-refractivity contribution < 1.29 is 9.18 Å². The number of rotatable bonds is 6. The molecule has 4 aromatic rings. The van der Waals surface area contributed by atoms with Crippen molar-refractivity contribution in [2.24, 2.45) is 0 Å². The molecule has 1 amide bonds. The third kappa shape index (κ3) is 5.42. The number of hydrogen-bond acceptors (Lipinski definition) is 7. The van der Waals surface area contributed by atoms with Gasteiger partial charge >= 0.3 is 5.69 Å². The molecule has 2 atom stereocenters. The highest BCUT2D eigenvalue weighted by molar-refractivity contribution is 7.98. The number of thioether (sulfide) groups is 1. The number of halogens is 2. The highest BCUT2D eigenvalue weighted by atomic mass is 35.5. The Bertz CT molecular complexity index is 1790. The second-order valence-corrected chi connectivity index (χ2v) is 12.4. The molecule has 4 heterocycles. The molecule has 1 fully saturated rings. The number of hydrogen-bond donors (Lipinski definition) is 0. The summed E-state index contributed by atoms with van der Waals surface area (Å²) in [7, 11) is 0. The van der Waals surface area contributed by atoms with Crippen LogP contribution < -0.4 is 10.6 Å². The normalized spacial score (nSPS) is 17.1. The average Bonchev–Trinajstić information content (AvgIpc) is 2.97. The second kappa shape index (κ2) is 12.1. The van der Waals surface area contributed by atoms with Crippen LogP contribution in [-0.2, 0) is 4.79 Å². The van der Waals surface area contributed by atoms with Crippen molar-refractivity contribution in [2.45, 2.75) is 57.5 Å². The summed E-state index contributed by atoms with van der Waals surface area (Å²) < 4.78 is 16.7. The van der Waals surface area contributed by atoms with Crippen molar-refractivity contribution in [1.29, 1.82) is 0 Å². The van der Waals surface area contributed by atoms with E-state index in [1.165, 1.54) is 28.5 Å². The van der Waals surface area contributed by atoms with Gasteiger partial charge < -0.3 is 9.80 Å². The molecule has 5 rings (SSSR count). The van der Waals surface area contributed by atoms with Crippen molar-refractivity contribution in [2.75, 3.05) is 24.2 Å². The highest BCUT2D eigenvalue weighted by Gasteiger charge is 2.34. The molecule has 1 aliphatic heterocycles. The number of amides is 1. The summed E-state index contributed by atoms with van der Waals surface area (Å²) in [5.74, 6) is -0.213. The molecule has 0 aliphatic carbocycles. The zero-order chi connectivity index (χ0) is 31.2. The van der Waals surface area contributed by atoms with Gasteiger partial charge in [-0.15, -0.1) is 11.8 Å². The van der Waals surface area contributed by atoms with Gasteiger partial charge in [0.1, 0.15) is 11.6 Å². The number of fused-ring (bicyclic) bond motifs is 1. The summed E-state index contributed by atoms with van der Waals surface area (Å²) in [5.41, 5.74) is 2.23. The minimum atomic E-state index is -0.539. The molecule has 1 saturated heterocycles. The number of benzene rings is 1. The van der Waals surface area contributed by atoms with E-state index < -0.39 is 11.5 Å². The van der Waals surface area contributed by atoms with Crippen LogP contribution in [0.1, 0.15) is 44.9 Å². The first-order chi connectivity index (χ1) is 20.5. The molecule has 11 heteroatoms. The van der Waals surface area contributed by atoms with Crippen LogP contribution in [0.3, 0.4) is 0 Å². The topological polar surface area (TPSA) is 84.2 Å². The van der Waals surface area contributed by atoms with Gasteiger partial charge in [-0.1, -0.05) is 44.2 Å². The van der Waals surface area contributed by atoms with E-state index in [0.29, 0.717) is 46.9 Å². The molecular weight excluding hydrogens is 587 g/mol. The Hall–Kier alpha value is -3.76. The fourth-order valence-corrected chi connectivity index (χ4v) is 6.57. The maximum atomic E-state index is 15.3. The first-order valence-corrected chi connectivity index (χ1v) is 15.7. The Morgan fingerprint density at radius 3 is 2.58 bits per heavy atom. The largest absolute Gasteiger partial charge is 0.355 e. The van der Waals surface area contributed by atoms with Crippen LogP contribution in [0.5, 0.6) is 0 Å². The van der Waals surface area contributed by atoms with Crippen molar-refractivity contribution in [3.05, 3.63) is 81.8 Å². The Labute approximate surface area is 259 Å². The number of pyridine rings is 2. The summed E-state index contributed by atoms with van der Waals surface area (Å²) in [6.07, 6.45) is 4.97. The lowest BCUT2D eigenvalue weighted by Gasteiger charge is -2.44. The number of carbonyl (C=O) groups is 1. The third-order valence-electron chi connectivity index (χ3n) is 7.88. The summed E-state index contributed by atoms with van der Waals surface area (Å²) >= 11 is 8.36. The van der Waals surface area contributed by atoms with Gasteiger partial charge in [0.15, 0.2) is 5.65 Å². The fourth-order valence-electron chi connectivity index (χ4n) is 5.74. The fraction of sp³-hybridized carbons (Fsp3) is 0.344. The lowest BCUT2D eigenvalue weighted by Crippen LogP contribution is -2.58. The maximum absolute atomic E-state index is 15.3. The van der Waals surface area contributed by atoms with Crippen LogP contribution in [0.2, 0.25) is 5.02 Å². The monoisotopic (exact) mass is 620 g/mol. The van der Waals surface area contributed by atoms with Gasteiger partial charge in [-0.3, -0.25) is 9.78 Å². The molecule has 1 aliphatic rings. The molecule has 0 saturated carbocycles. The third-order valence-corrected chi connectivity index (χ3v) is 8.94. The zero-order valence-electron chi connectivity index (χ0n) is 25.1. The maximum Gasteiger partial charge on any atom is 0.355 e. The van der Waals surface area contributed by atoms with Crippen LogP contribution in [0.15, 0.2) is 58.9 Å². The van der Waals surface area contributed by atoms with E-state index in [1.807, 2.05) is 44.9 Å². The molecule has 3 aromatic heterocycles. The van der Waals surface area contributed by atoms with E-state index in [1.54, 1.807) is 36.2 Å². The van der Waals surface area contributed by atoms with Gasteiger partial charge in [0, 0.05) is 41.8 Å². The van der Waals surface area contributed by atoms with E-state index in [4.69, 9.17) is 16.6 Å². The van der Waals surface area contributed by atoms with Crippen molar-refractivity contribution >= 4 is 46.1 Å². The minimum absolute atomic E-state index is 0.0133. The Balaban J connectivity index is 1.86. The Morgan fingerprint density at radius 1 is 1.19 bits per heavy atom.